The van der Waals surface area contributed by atoms with Crippen LogP contribution >= 0.6 is 11.3 Å². The SMILES string of the molecule is Cc1nn2c(CNC(=O)c3n[nH]c4ccccc34)c(C)nc2s1. The van der Waals surface area contributed by atoms with E-state index in [1.807, 2.05) is 38.1 Å². The Labute approximate surface area is 135 Å². The molecular weight excluding hydrogens is 312 g/mol. The van der Waals surface area contributed by atoms with Crippen LogP contribution in [-0.4, -0.2) is 30.7 Å². The van der Waals surface area contributed by atoms with Crippen molar-refractivity contribution in [3.63, 3.8) is 0 Å². The summed E-state index contributed by atoms with van der Waals surface area (Å²) in [6.07, 6.45) is 0. The van der Waals surface area contributed by atoms with Gasteiger partial charge in [0.25, 0.3) is 5.91 Å². The minimum atomic E-state index is -0.219. The normalized spacial score (nSPS) is 11.4. The molecule has 0 fully saturated rings. The lowest BCUT2D eigenvalue weighted by atomic mass is 10.2. The first-order valence-electron chi connectivity index (χ1n) is 7.16. The van der Waals surface area contributed by atoms with E-state index in [0.29, 0.717) is 12.2 Å². The highest BCUT2D eigenvalue weighted by Gasteiger charge is 2.16. The molecule has 3 aromatic heterocycles. The lowest BCUT2D eigenvalue weighted by Crippen LogP contribution is -2.24. The standard InChI is InChI=1S/C15H14N6OS/c1-8-12(21-15(17-8)23-9(2)20-21)7-16-14(22)13-10-5-3-4-6-11(10)18-19-13/h3-6H,7H2,1-2H3,(H,16,22)(H,18,19). The average Bonchev–Trinajstić information content (AvgIpc) is 3.17. The summed E-state index contributed by atoms with van der Waals surface area (Å²) in [5.41, 5.74) is 3.00. The molecule has 8 heteroatoms. The molecule has 0 aliphatic heterocycles. The quantitative estimate of drug-likeness (QED) is 0.604. The predicted octanol–water partition coefficient (Wildman–Crippen LogP) is 2.21. The number of benzene rings is 1. The number of aromatic nitrogens is 5. The minimum Gasteiger partial charge on any atom is -0.345 e. The van der Waals surface area contributed by atoms with Gasteiger partial charge in [0.05, 0.1) is 23.4 Å². The Bertz CT molecular complexity index is 1030. The monoisotopic (exact) mass is 326 g/mol. The van der Waals surface area contributed by atoms with Gasteiger partial charge in [0.2, 0.25) is 4.96 Å². The highest BCUT2D eigenvalue weighted by atomic mass is 32.1. The molecule has 0 saturated carbocycles. The van der Waals surface area contributed by atoms with Gasteiger partial charge in [-0.25, -0.2) is 9.50 Å². The smallest absolute Gasteiger partial charge is 0.272 e. The minimum absolute atomic E-state index is 0.219. The van der Waals surface area contributed by atoms with Crippen molar-refractivity contribution in [3.8, 4) is 0 Å². The van der Waals surface area contributed by atoms with Crippen LogP contribution in [0.5, 0.6) is 0 Å². The van der Waals surface area contributed by atoms with Gasteiger partial charge < -0.3 is 5.32 Å². The predicted molar refractivity (Wildman–Crippen MR) is 87.6 cm³/mol. The van der Waals surface area contributed by atoms with Crippen molar-refractivity contribution in [1.29, 1.82) is 0 Å². The molecule has 0 spiro atoms. The van der Waals surface area contributed by atoms with E-state index >= 15 is 0 Å². The number of amides is 1. The summed E-state index contributed by atoms with van der Waals surface area (Å²) in [6.45, 7) is 4.21. The van der Waals surface area contributed by atoms with E-state index in [1.165, 1.54) is 11.3 Å². The number of nitrogens with one attached hydrogen (secondary N) is 2. The molecule has 0 bridgehead atoms. The molecule has 7 nitrogen and oxygen atoms in total. The van der Waals surface area contributed by atoms with Crippen LogP contribution in [0, 0.1) is 13.8 Å². The maximum atomic E-state index is 12.4. The Morgan fingerprint density at radius 1 is 1.35 bits per heavy atom. The van der Waals surface area contributed by atoms with Gasteiger partial charge in [-0.3, -0.25) is 9.89 Å². The number of H-pyrrole nitrogens is 1. The number of hydrogen-bond donors (Lipinski definition) is 2. The van der Waals surface area contributed by atoms with Crippen molar-refractivity contribution in [1.82, 2.24) is 30.1 Å². The van der Waals surface area contributed by atoms with Crippen LogP contribution in [-0.2, 0) is 6.54 Å². The summed E-state index contributed by atoms with van der Waals surface area (Å²) in [6, 6.07) is 7.55. The van der Waals surface area contributed by atoms with Gasteiger partial charge in [-0.2, -0.15) is 10.2 Å². The van der Waals surface area contributed by atoms with Gasteiger partial charge in [0.1, 0.15) is 5.01 Å². The molecule has 4 rings (SSSR count). The molecule has 0 radical (unpaired) electrons. The maximum absolute atomic E-state index is 12.4. The number of aryl methyl sites for hydroxylation is 2. The van der Waals surface area contributed by atoms with E-state index in [-0.39, 0.29) is 5.91 Å². The van der Waals surface area contributed by atoms with Gasteiger partial charge in [0, 0.05) is 5.39 Å². The second kappa shape index (κ2) is 5.17. The fourth-order valence-corrected chi connectivity index (χ4v) is 3.38. The van der Waals surface area contributed by atoms with Crippen molar-refractivity contribution in [2.75, 3.05) is 0 Å². The Hall–Kier alpha value is -2.74. The highest BCUT2D eigenvalue weighted by Crippen LogP contribution is 2.18. The summed E-state index contributed by atoms with van der Waals surface area (Å²) in [5.74, 6) is -0.219. The third-order valence-electron chi connectivity index (χ3n) is 3.70. The van der Waals surface area contributed by atoms with Crippen molar-refractivity contribution in [2.45, 2.75) is 20.4 Å². The Balaban J connectivity index is 1.60. The molecule has 4 aromatic rings. The maximum Gasteiger partial charge on any atom is 0.272 e. The molecule has 0 aliphatic carbocycles. The molecule has 3 heterocycles. The first-order chi connectivity index (χ1) is 11.1. The Kier molecular flexibility index (Phi) is 3.12. The number of nitrogens with zero attached hydrogens (tertiary/aromatic N) is 4. The lowest BCUT2D eigenvalue weighted by Gasteiger charge is -2.03. The zero-order valence-electron chi connectivity index (χ0n) is 12.6. The number of rotatable bonds is 3. The van der Waals surface area contributed by atoms with E-state index in [4.69, 9.17) is 0 Å². The average molecular weight is 326 g/mol. The number of imidazole rings is 1. The summed E-state index contributed by atoms with van der Waals surface area (Å²) in [7, 11) is 0. The lowest BCUT2D eigenvalue weighted by molar-refractivity contribution is 0.0947. The molecule has 1 aromatic carbocycles. The molecule has 1 amide bonds. The fraction of sp³-hybridized carbons (Fsp3) is 0.200. The molecule has 0 aliphatic rings. The Morgan fingerprint density at radius 2 is 2.17 bits per heavy atom. The van der Waals surface area contributed by atoms with E-state index < -0.39 is 0 Å². The topological polar surface area (TPSA) is 88.0 Å². The van der Waals surface area contributed by atoms with Crippen molar-refractivity contribution >= 4 is 33.1 Å². The van der Waals surface area contributed by atoms with Gasteiger partial charge in [-0.05, 0) is 19.9 Å². The van der Waals surface area contributed by atoms with Crippen LogP contribution in [0.25, 0.3) is 15.9 Å². The Morgan fingerprint density at radius 3 is 3.04 bits per heavy atom. The first kappa shape index (κ1) is 13.9. The summed E-state index contributed by atoms with van der Waals surface area (Å²) in [5, 5.41) is 16.1. The third-order valence-corrected chi connectivity index (χ3v) is 4.52. The van der Waals surface area contributed by atoms with Gasteiger partial charge in [-0.15, -0.1) is 0 Å². The number of fused-ring (bicyclic) bond motifs is 2. The first-order valence-corrected chi connectivity index (χ1v) is 7.98. The molecular formula is C15H14N6OS. The number of carbonyl (C=O) groups is 1. The number of carbonyl (C=O) groups excluding carboxylic acids is 1. The summed E-state index contributed by atoms with van der Waals surface area (Å²) < 4.78 is 1.79. The van der Waals surface area contributed by atoms with E-state index in [0.717, 1.165) is 32.3 Å². The molecule has 23 heavy (non-hydrogen) atoms. The van der Waals surface area contributed by atoms with Crippen LogP contribution in [0.4, 0.5) is 0 Å². The molecule has 0 saturated heterocycles. The second-order valence-corrected chi connectivity index (χ2v) is 6.42. The highest BCUT2D eigenvalue weighted by molar-refractivity contribution is 7.16. The zero-order chi connectivity index (χ0) is 16.0. The van der Waals surface area contributed by atoms with E-state index in [2.05, 4.69) is 25.6 Å². The molecule has 2 N–H and O–H groups in total. The number of aromatic amines is 1. The fourth-order valence-electron chi connectivity index (χ4n) is 2.57. The van der Waals surface area contributed by atoms with Crippen molar-refractivity contribution in [2.24, 2.45) is 0 Å². The van der Waals surface area contributed by atoms with Crippen LogP contribution in [0.15, 0.2) is 24.3 Å². The largest absolute Gasteiger partial charge is 0.345 e. The van der Waals surface area contributed by atoms with Crippen molar-refractivity contribution < 1.29 is 4.79 Å². The van der Waals surface area contributed by atoms with E-state index in [9.17, 15) is 4.79 Å². The molecule has 116 valence electrons. The van der Waals surface area contributed by atoms with Gasteiger partial charge in [-0.1, -0.05) is 29.5 Å². The third kappa shape index (κ3) is 2.27. The number of hydrogen-bond acceptors (Lipinski definition) is 5. The van der Waals surface area contributed by atoms with Crippen molar-refractivity contribution in [3.05, 3.63) is 46.4 Å². The van der Waals surface area contributed by atoms with Crippen LogP contribution in [0.2, 0.25) is 0 Å². The van der Waals surface area contributed by atoms with E-state index in [1.54, 1.807) is 4.52 Å². The second-order valence-electron chi connectivity index (χ2n) is 5.26. The van der Waals surface area contributed by atoms with Crippen LogP contribution in [0.1, 0.15) is 26.9 Å². The number of para-hydroxylation sites is 1. The van der Waals surface area contributed by atoms with Gasteiger partial charge >= 0.3 is 0 Å². The van der Waals surface area contributed by atoms with Crippen LogP contribution < -0.4 is 5.32 Å². The van der Waals surface area contributed by atoms with Gasteiger partial charge in [0.15, 0.2) is 5.69 Å². The summed E-state index contributed by atoms with van der Waals surface area (Å²) >= 11 is 1.53. The zero-order valence-corrected chi connectivity index (χ0v) is 13.4. The molecule has 0 atom stereocenters. The molecule has 0 unspecified atom stereocenters. The summed E-state index contributed by atoms with van der Waals surface area (Å²) in [4.78, 5) is 17.7. The van der Waals surface area contributed by atoms with Crippen LogP contribution in [0.3, 0.4) is 0 Å².